The quantitative estimate of drug-likeness (QED) is 0.904. The van der Waals surface area contributed by atoms with Crippen molar-refractivity contribution in [3.05, 3.63) is 51.4 Å². The first-order valence-corrected chi connectivity index (χ1v) is 6.23. The summed E-state index contributed by atoms with van der Waals surface area (Å²) in [6.45, 7) is 0. The minimum absolute atomic E-state index is 0.170. The van der Waals surface area contributed by atoms with Crippen LogP contribution in [0.4, 0.5) is 10.1 Å². The molecule has 1 aromatic heterocycles. The molecule has 0 aliphatic heterocycles. The van der Waals surface area contributed by atoms with Crippen molar-refractivity contribution in [2.24, 2.45) is 0 Å². The number of hydrogen-bond acceptors (Lipinski definition) is 2. The molecule has 17 heavy (non-hydrogen) atoms. The fourth-order valence-corrected chi connectivity index (χ4v) is 2.25. The Balaban J connectivity index is 2.03. The molecule has 0 radical (unpaired) electrons. The number of benzene rings is 1. The summed E-state index contributed by atoms with van der Waals surface area (Å²) < 4.78 is 12.8. The molecule has 0 atom stereocenters. The third kappa shape index (κ3) is 3.28. The maximum Gasteiger partial charge on any atom is 0.228 e. The molecule has 5 heteroatoms. The lowest BCUT2D eigenvalue weighted by molar-refractivity contribution is -0.115. The molecule has 0 aliphatic carbocycles. The molecule has 0 spiro atoms. The van der Waals surface area contributed by atoms with E-state index in [2.05, 4.69) is 5.32 Å². The van der Waals surface area contributed by atoms with E-state index in [1.165, 1.54) is 29.5 Å². The zero-order valence-electron chi connectivity index (χ0n) is 8.74. The first kappa shape index (κ1) is 12.1. The Morgan fingerprint density at radius 3 is 2.88 bits per heavy atom. The Morgan fingerprint density at radius 1 is 1.41 bits per heavy atom. The lowest BCUT2D eigenvalue weighted by Gasteiger charge is -2.06. The van der Waals surface area contributed by atoms with E-state index >= 15 is 0 Å². The second-order valence-electron chi connectivity index (χ2n) is 3.48. The topological polar surface area (TPSA) is 29.1 Å². The summed E-state index contributed by atoms with van der Waals surface area (Å²) in [7, 11) is 0. The third-order valence-electron chi connectivity index (χ3n) is 2.15. The zero-order valence-corrected chi connectivity index (χ0v) is 10.3. The Kier molecular flexibility index (Phi) is 3.76. The van der Waals surface area contributed by atoms with Crippen LogP contribution in [0.5, 0.6) is 0 Å². The zero-order chi connectivity index (χ0) is 12.3. The van der Waals surface area contributed by atoms with Gasteiger partial charge in [0, 0.05) is 0 Å². The van der Waals surface area contributed by atoms with Crippen LogP contribution in [0.15, 0.2) is 35.0 Å². The highest BCUT2D eigenvalue weighted by atomic mass is 35.5. The molecular formula is C12H9ClFNOS. The fraction of sp³-hybridized carbons (Fsp3) is 0.0833. The first-order chi connectivity index (χ1) is 8.15. The average molecular weight is 270 g/mol. The maximum absolute atomic E-state index is 12.8. The van der Waals surface area contributed by atoms with E-state index < -0.39 is 5.82 Å². The van der Waals surface area contributed by atoms with E-state index in [1.54, 1.807) is 0 Å². The number of thiophene rings is 1. The van der Waals surface area contributed by atoms with Gasteiger partial charge in [0.15, 0.2) is 0 Å². The van der Waals surface area contributed by atoms with Crippen LogP contribution < -0.4 is 5.32 Å². The molecule has 2 nitrogen and oxygen atoms in total. The van der Waals surface area contributed by atoms with Gasteiger partial charge < -0.3 is 5.32 Å². The van der Waals surface area contributed by atoms with Crippen LogP contribution in [-0.2, 0) is 11.2 Å². The SMILES string of the molecule is O=C(Cc1ccsc1)Nc1ccc(F)cc1Cl. The van der Waals surface area contributed by atoms with Crippen LogP contribution in [0.1, 0.15) is 5.56 Å². The highest BCUT2D eigenvalue weighted by molar-refractivity contribution is 7.08. The number of nitrogens with one attached hydrogen (secondary N) is 1. The largest absolute Gasteiger partial charge is 0.324 e. The Bertz CT molecular complexity index is 527. The summed E-state index contributed by atoms with van der Waals surface area (Å²) in [5.41, 5.74) is 1.37. The van der Waals surface area contributed by atoms with Crippen molar-refractivity contribution in [3.8, 4) is 0 Å². The molecule has 2 rings (SSSR count). The highest BCUT2D eigenvalue weighted by Crippen LogP contribution is 2.22. The van der Waals surface area contributed by atoms with E-state index in [1.807, 2.05) is 16.8 Å². The van der Waals surface area contributed by atoms with E-state index in [0.29, 0.717) is 5.69 Å². The van der Waals surface area contributed by atoms with Crippen LogP contribution in [0.25, 0.3) is 0 Å². The van der Waals surface area contributed by atoms with Gasteiger partial charge in [0.2, 0.25) is 5.91 Å². The van der Waals surface area contributed by atoms with Gasteiger partial charge in [-0.2, -0.15) is 11.3 Å². The maximum atomic E-state index is 12.8. The number of carbonyl (C=O) groups is 1. The summed E-state index contributed by atoms with van der Waals surface area (Å²) in [5.74, 6) is -0.595. The fourth-order valence-electron chi connectivity index (χ4n) is 1.36. The molecular weight excluding hydrogens is 261 g/mol. The lowest BCUT2D eigenvalue weighted by atomic mass is 10.2. The molecule has 0 saturated heterocycles. The number of rotatable bonds is 3. The number of carbonyl (C=O) groups excluding carboxylic acids is 1. The second-order valence-corrected chi connectivity index (χ2v) is 4.67. The van der Waals surface area contributed by atoms with Gasteiger partial charge in [-0.15, -0.1) is 0 Å². The van der Waals surface area contributed by atoms with Crippen molar-refractivity contribution in [1.29, 1.82) is 0 Å². The third-order valence-corrected chi connectivity index (χ3v) is 3.19. The predicted octanol–water partition coefficient (Wildman–Crippen LogP) is 3.72. The summed E-state index contributed by atoms with van der Waals surface area (Å²) in [5, 5.41) is 6.66. The molecule has 1 aromatic carbocycles. The molecule has 2 aromatic rings. The van der Waals surface area contributed by atoms with Crippen molar-refractivity contribution >= 4 is 34.5 Å². The van der Waals surface area contributed by atoms with E-state index in [9.17, 15) is 9.18 Å². The smallest absolute Gasteiger partial charge is 0.228 e. The van der Waals surface area contributed by atoms with Gasteiger partial charge in [0.25, 0.3) is 0 Å². The van der Waals surface area contributed by atoms with Crippen molar-refractivity contribution in [2.75, 3.05) is 5.32 Å². The first-order valence-electron chi connectivity index (χ1n) is 4.91. The molecule has 1 N–H and O–H groups in total. The van der Waals surface area contributed by atoms with Gasteiger partial charge in [0.05, 0.1) is 17.1 Å². The Hall–Kier alpha value is -1.39. The van der Waals surface area contributed by atoms with Gasteiger partial charge >= 0.3 is 0 Å². The molecule has 0 bridgehead atoms. The van der Waals surface area contributed by atoms with Crippen LogP contribution in [0.3, 0.4) is 0 Å². The second kappa shape index (κ2) is 5.29. The monoisotopic (exact) mass is 269 g/mol. The van der Waals surface area contributed by atoms with Crippen LogP contribution in [0, 0.1) is 5.82 Å². The molecule has 0 saturated carbocycles. The van der Waals surface area contributed by atoms with E-state index in [4.69, 9.17) is 11.6 Å². The molecule has 1 amide bonds. The lowest BCUT2D eigenvalue weighted by Crippen LogP contribution is -2.14. The highest BCUT2D eigenvalue weighted by Gasteiger charge is 2.07. The summed E-state index contributed by atoms with van der Waals surface area (Å²) in [4.78, 5) is 11.7. The van der Waals surface area contributed by atoms with E-state index in [-0.39, 0.29) is 17.4 Å². The predicted molar refractivity (Wildman–Crippen MR) is 68.1 cm³/mol. The van der Waals surface area contributed by atoms with Gasteiger partial charge in [-0.05, 0) is 40.6 Å². The molecule has 88 valence electrons. The van der Waals surface area contributed by atoms with Gasteiger partial charge in [-0.1, -0.05) is 11.6 Å². The molecule has 0 fully saturated rings. The minimum Gasteiger partial charge on any atom is -0.324 e. The van der Waals surface area contributed by atoms with Crippen molar-refractivity contribution in [2.45, 2.75) is 6.42 Å². The van der Waals surface area contributed by atoms with Gasteiger partial charge in [0.1, 0.15) is 5.82 Å². The summed E-state index contributed by atoms with van der Waals surface area (Å²) >= 11 is 7.34. The number of hydrogen-bond donors (Lipinski definition) is 1. The van der Waals surface area contributed by atoms with Crippen LogP contribution in [0.2, 0.25) is 5.02 Å². The molecule has 0 unspecified atom stereocenters. The van der Waals surface area contributed by atoms with Crippen molar-refractivity contribution in [3.63, 3.8) is 0 Å². The summed E-state index contributed by atoms with van der Waals surface area (Å²) in [6, 6.07) is 5.76. The minimum atomic E-state index is -0.425. The average Bonchev–Trinajstić information content (AvgIpc) is 2.75. The van der Waals surface area contributed by atoms with Crippen LogP contribution in [-0.4, -0.2) is 5.91 Å². The van der Waals surface area contributed by atoms with Crippen LogP contribution >= 0.6 is 22.9 Å². The van der Waals surface area contributed by atoms with Gasteiger partial charge in [-0.3, -0.25) is 4.79 Å². The number of halogens is 2. The molecule has 1 heterocycles. The van der Waals surface area contributed by atoms with Crippen molar-refractivity contribution < 1.29 is 9.18 Å². The normalized spacial score (nSPS) is 10.2. The number of anilines is 1. The Morgan fingerprint density at radius 2 is 2.24 bits per heavy atom. The van der Waals surface area contributed by atoms with Crippen molar-refractivity contribution in [1.82, 2.24) is 0 Å². The van der Waals surface area contributed by atoms with Gasteiger partial charge in [-0.25, -0.2) is 4.39 Å². The Labute approximate surface area is 107 Å². The standard InChI is InChI=1S/C12H9ClFNOS/c13-10-6-9(14)1-2-11(10)15-12(16)5-8-3-4-17-7-8/h1-4,6-7H,5H2,(H,15,16). The van der Waals surface area contributed by atoms with E-state index in [0.717, 1.165) is 5.56 Å². The molecule has 0 aliphatic rings. The summed E-state index contributed by atoms with van der Waals surface area (Å²) in [6.07, 6.45) is 0.289. The number of amides is 1.